The van der Waals surface area contributed by atoms with Gasteiger partial charge in [0.15, 0.2) is 11.5 Å². The van der Waals surface area contributed by atoms with Gasteiger partial charge in [-0.1, -0.05) is 12.1 Å². The van der Waals surface area contributed by atoms with Gasteiger partial charge >= 0.3 is 5.97 Å². The normalized spacial score (nSPS) is 26.6. The molecule has 148 valence electrons. The summed E-state index contributed by atoms with van der Waals surface area (Å²) in [7, 11) is 1.60. The minimum absolute atomic E-state index is 0.0461. The number of carboxylic acids is 1. The van der Waals surface area contributed by atoms with Crippen LogP contribution in [0.25, 0.3) is 0 Å². The summed E-state index contributed by atoms with van der Waals surface area (Å²) in [6.45, 7) is 1.61. The van der Waals surface area contributed by atoms with Crippen LogP contribution in [0.1, 0.15) is 23.3 Å². The van der Waals surface area contributed by atoms with Crippen molar-refractivity contribution in [3.8, 4) is 11.5 Å². The molecule has 1 aromatic heterocycles. The summed E-state index contributed by atoms with van der Waals surface area (Å²) in [4.78, 5) is 17.3. The first-order valence-corrected chi connectivity index (χ1v) is 9.47. The molecule has 28 heavy (non-hydrogen) atoms. The van der Waals surface area contributed by atoms with E-state index in [0.717, 1.165) is 25.2 Å². The molecule has 0 spiro atoms. The summed E-state index contributed by atoms with van der Waals surface area (Å²) in [6.07, 6.45) is 2.11. The van der Waals surface area contributed by atoms with Crippen molar-refractivity contribution in [2.24, 2.45) is 11.8 Å². The van der Waals surface area contributed by atoms with Gasteiger partial charge in [-0.25, -0.2) is 9.78 Å². The number of hydrogen-bond acceptors (Lipinski definition) is 6. The second kappa shape index (κ2) is 7.67. The van der Waals surface area contributed by atoms with E-state index in [1.54, 1.807) is 13.2 Å². The molecule has 4 rings (SSSR count). The first-order chi connectivity index (χ1) is 13.5. The topological polar surface area (TPSA) is 92.1 Å². The predicted molar refractivity (Wildman–Crippen MR) is 103 cm³/mol. The number of rotatable bonds is 5. The van der Waals surface area contributed by atoms with Crippen molar-refractivity contribution in [1.29, 1.82) is 0 Å². The van der Waals surface area contributed by atoms with Gasteiger partial charge in [-0.2, -0.15) is 0 Å². The first-order valence-electron chi connectivity index (χ1n) is 9.47. The van der Waals surface area contributed by atoms with Crippen molar-refractivity contribution in [1.82, 2.24) is 4.98 Å². The highest BCUT2D eigenvalue weighted by molar-refractivity contribution is 5.86. The van der Waals surface area contributed by atoms with Crippen molar-refractivity contribution < 1.29 is 24.5 Å². The van der Waals surface area contributed by atoms with E-state index >= 15 is 0 Å². The van der Waals surface area contributed by atoms with Gasteiger partial charge in [0, 0.05) is 25.0 Å². The number of aliphatic hydroxyl groups is 1. The molecular formula is C21H24N2O5. The average molecular weight is 384 g/mol. The van der Waals surface area contributed by atoms with Gasteiger partial charge in [0.2, 0.25) is 0 Å². The SMILES string of the molecule is COc1ccccc1O[C@@H]1C[C@@H]2CN(c3ccnc(C(=O)O)c3)C[C@@H]2C[C@H]1O. The number of hydrogen-bond donors (Lipinski definition) is 2. The second-order valence-corrected chi connectivity index (χ2v) is 7.48. The molecule has 1 aromatic carbocycles. The van der Waals surface area contributed by atoms with E-state index in [0.29, 0.717) is 29.8 Å². The third kappa shape index (κ3) is 3.62. The van der Waals surface area contributed by atoms with E-state index in [1.165, 1.54) is 6.20 Å². The Morgan fingerprint density at radius 1 is 1.14 bits per heavy atom. The number of carbonyl (C=O) groups is 1. The number of anilines is 1. The molecule has 0 unspecified atom stereocenters. The number of aromatic nitrogens is 1. The fourth-order valence-corrected chi connectivity index (χ4v) is 4.34. The lowest BCUT2D eigenvalue weighted by molar-refractivity contribution is -0.0240. The maximum atomic E-state index is 11.2. The van der Waals surface area contributed by atoms with E-state index in [1.807, 2.05) is 30.3 Å². The highest BCUT2D eigenvalue weighted by Crippen LogP contribution is 2.40. The Kier molecular flexibility index (Phi) is 5.09. The number of methoxy groups -OCH3 is 1. The minimum atomic E-state index is -1.03. The summed E-state index contributed by atoms with van der Waals surface area (Å²) in [5.74, 6) is 1.00. The largest absolute Gasteiger partial charge is 0.493 e. The number of benzene rings is 1. The molecule has 2 aliphatic rings. The summed E-state index contributed by atoms with van der Waals surface area (Å²) in [5, 5.41) is 19.8. The van der Waals surface area contributed by atoms with Crippen LogP contribution in [0.2, 0.25) is 0 Å². The minimum Gasteiger partial charge on any atom is -0.493 e. The summed E-state index contributed by atoms with van der Waals surface area (Å²) < 4.78 is 11.5. The van der Waals surface area contributed by atoms with Crippen molar-refractivity contribution >= 4 is 11.7 Å². The van der Waals surface area contributed by atoms with E-state index in [-0.39, 0.29) is 11.8 Å². The van der Waals surface area contributed by atoms with Gasteiger partial charge < -0.3 is 24.6 Å². The van der Waals surface area contributed by atoms with Crippen molar-refractivity contribution in [3.05, 3.63) is 48.3 Å². The number of pyridine rings is 1. The van der Waals surface area contributed by atoms with Crippen LogP contribution < -0.4 is 14.4 Å². The lowest BCUT2D eigenvalue weighted by Gasteiger charge is -2.35. The number of aromatic carboxylic acids is 1. The molecule has 1 aliphatic heterocycles. The molecule has 7 heteroatoms. The zero-order valence-corrected chi connectivity index (χ0v) is 15.7. The molecule has 2 heterocycles. The fourth-order valence-electron chi connectivity index (χ4n) is 4.34. The van der Waals surface area contributed by atoms with E-state index in [2.05, 4.69) is 9.88 Å². The van der Waals surface area contributed by atoms with Crippen LogP contribution in [0.3, 0.4) is 0 Å². The zero-order valence-electron chi connectivity index (χ0n) is 15.7. The average Bonchev–Trinajstić information content (AvgIpc) is 3.11. The van der Waals surface area contributed by atoms with Crippen LogP contribution in [-0.4, -0.2) is 53.6 Å². The zero-order chi connectivity index (χ0) is 19.7. The Bertz CT molecular complexity index is 858. The lowest BCUT2D eigenvalue weighted by Crippen LogP contribution is -2.42. The number of carboxylic acid groups (broad SMARTS) is 1. The molecule has 1 aliphatic carbocycles. The summed E-state index contributed by atoms with van der Waals surface area (Å²) in [5.41, 5.74) is 0.906. The van der Waals surface area contributed by atoms with E-state index < -0.39 is 12.1 Å². The number of ether oxygens (including phenoxy) is 2. The predicted octanol–water partition coefficient (Wildman–Crippen LogP) is 2.44. The molecule has 2 aromatic rings. The monoisotopic (exact) mass is 384 g/mol. The molecule has 0 radical (unpaired) electrons. The highest BCUT2D eigenvalue weighted by atomic mass is 16.5. The van der Waals surface area contributed by atoms with E-state index in [4.69, 9.17) is 14.6 Å². The molecule has 1 saturated heterocycles. The summed E-state index contributed by atoms with van der Waals surface area (Å²) in [6, 6.07) is 10.9. The van der Waals surface area contributed by atoms with Gasteiger partial charge in [0.1, 0.15) is 11.8 Å². The highest BCUT2D eigenvalue weighted by Gasteiger charge is 2.43. The number of nitrogens with zero attached hydrogens (tertiary/aromatic N) is 2. The Morgan fingerprint density at radius 3 is 2.57 bits per heavy atom. The molecule has 7 nitrogen and oxygen atoms in total. The van der Waals surface area contributed by atoms with Gasteiger partial charge in [-0.3, -0.25) is 0 Å². The Hall–Kier alpha value is -2.80. The maximum Gasteiger partial charge on any atom is 0.354 e. The summed E-state index contributed by atoms with van der Waals surface area (Å²) >= 11 is 0. The standard InChI is InChI=1S/C21H24N2O5/c1-27-18-4-2-3-5-19(18)28-20-9-14-12-23(11-13(14)8-17(20)24)15-6-7-22-16(10-15)21(25)26/h2-7,10,13-14,17,20,24H,8-9,11-12H2,1H3,(H,25,26)/t13-,14+,17+,20+/m0/s1. The van der Waals surface area contributed by atoms with Crippen LogP contribution in [0.15, 0.2) is 42.6 Å². The van der Waals surface area contributed by atoms with Gasteiger partial charge in [0.05, 0.1) is 13.2 Å². The Morgan fingerprint density at radius 2 is 1.86 bits per heavy atom. The molecular weight excluding hydrogens is 360 g/mol. The van der Waals surface area contributed by atoms with Crippen molar-refractivity contribution in [2.75, 3.05) is 25.1 Å². The molecule has 2 N–H and O–H groups in total. The molecule has 1 saturated carbocycles. The second-order valence-electron chi connectivity index (χ2n) is 7.48. The van der Waals surface area contributed by atoms with Crippen molar-refractivity contribution in [2.45, 2.75) is 25.0 Å². The molecule has 2 fully saturated rings. The van der Waals surface area contributed by atoms with Crippen LogP contribution in [0, 0.1) is 11.8 Å². The fraction of sp³-hybridized carbons (Fsp3) is 0.429. The number of fused-ring (bicyclic) bond motifs is 1. The Balaban J connectivity index is 1.46. The quantitative estimate of drug-likeness (QED) is 0.818. The smallest absolute Gasteiger partial charge is 0.354 e. The van der Waals surface area contributed by atoms with Gasteiger partial charge in [-0.05, 0) is 48.9 Å². The van der Waals surface area contributed by atoms with Gasteiger partial charge in [-0.15, -0.1) is 0 Å². The lowest BCUT2D eigenvalue weighted by atomic mass is 9.78. The van der Waals surface area contributed by atoms with Crippen molar-refractivity contribution in [3.63, 3.8) is 0 Å². The van der Waals surface area contributed by atoms with Gasteiger partial charge in [0.25, 0.3) is 0 Å². The van der Waals surface area contributed by atoms with Crippen LogP contribution in [0.4, 0.5) is 5.69 Å². The molecule has 0 amide bonds. The van der Waals surface area contributed by atoms with Crippen LogP contribution in [0.5, 0.6) is 11.5 Å². The third-order valence-corrected chi connectivity index (χ3v) is 5.76. The first kappa shape index (κ1) is 18.6. The number of para-hydroxylation sites is 2. The number of aliphatic hydroxyl groups excluding tert-OH is 1. The molecule has 4 atom stereocenters. The van der Waals surface area contributed by atoms with Crippen LogP contribution >= 0.6 is 0 Å². The maximum absolute atomic E-state index is 11.2. The Labute approximate surface area is 163 Å². The van der Waals surface area contributed by atoms with Crippen LogP contribution in [-0.2, 0) is 0 Å². The third-order valence-electron chi connectivity index (χ3n) is 5.76. The molecule has 0 bridgehead atoms. The van der Waals surface area contributed by atoms with E-state index in [9.17, 15) is 9.90 Å².